The van der Waals surface area contributed by atoms with Gasteiger partial charge in [0.05, 0.1) is 6.42 Å². The fourth-order valence-electron chi connectivity index (χ4n) is 2.95. The highest BCUT2D eigenvalue weighted by atomic mass is 16.4. The van der Waals surface area contributed by atoms with Crippen LogP contribution in [0.15, 0.2) is 17.2 Å². The average Bonchev–Trinajstić information content (AvgIpc) is 2.92. The molecule has 23 heavy (non-hydrogen) atoms. The Morgan fingerprint density at radius 3 is 2.74 bits per heavy atom. The van der Waals surface area contributed by atoms with E-state index in [4.69, 9.17) is 5.11 Å². The summed E-state index contributed by atoms with van der Waals surface area (Å²) in [5, 5.41) is 23.0. The molecule has 2 heterocycles. The van der Waals surface area contributed by atoms with Gasteiger partial charge in [-0.2, -0.15) is 5.10 Å². The number of aryl methyl sites for hydroxylation is 1. The zero-order valence-electron chi connectivity index (χ0n) is 12.7. The molecule has 1 fully saturated rings. The van der Waals surface area contributed by atoms with E-state index in [-0.39, 0.29) is 29.2 Å². The highest BCUT2D eigenvalue weighted by Gasteiger charge is 2.18. The van der Waals surface area contributed by atoms with Gasteiger partial charge in [0.1, 0.15) is 17.3 Å². The van der Waals surface area contributed by atoms with Gasteiger partial charge in [-0.3, -0.25) is 9.59 Å². The Morgan fingerprint density at radius 2 is 2.09 bits per heavy atom. The molecule has 0 unspecified atom stereocenters. The van der Waals surface area contributed by atoms with E-state index in [1.54, 1.807) is 4.52 Å². The Hall–Kier alpha value is -2.44. The summed E-state index contributed by atoms with van der Waals surface area (Å²) in [6.07, 6.45) is 6.53. The summed E-state index contributed by atoms with van der Waals surface area (Å²) in [5.41, 5.74) is 0.741. The number of aromatic nitrogens is 3. The Morgan fingerprint density at radius 1 is 1.30 bits per heavy atom. The third kappa shape index (κ3) is 3.18. The number of hydrogen-bond donors (Lipinski definition) is 2. The first-order valence-electron chi connectivity index (χ1n) is 7.86. The van der Waals surface area contributed by atoms with Crippen LogP contribution in [-0.4, -0.2) is 30.8 Å². The highest BCUT2D eigenvalue weighted by molar-refractivity contribution is 5.68. The number of aliphatic hydroxyl groups excluding tert-OH is 1. The molecule has 2 N–H and O–H groups in total. The highest BCUT2D eigenvalue weighted by Crippen LogP contribution is 2.30. The summed E-state index contributed by atoms with van der Waals surface area (Å²) in [6.45, 7) is 0. The molecule has 1 saturated carbocycles. The lowest BCUT2D eigenvalue weighted by Gasteiger charge is -2.25. The van der Waals surface area contributed by atoms with Crippen molar-refractivity contribution in [2.24, 2.45) is 5.92 Å². The SMILES string of the molecule is O=C(O)CCC(O)=c1c(=O)cc(CCC2CCC2)n2ncnc12. The molecule has 0 bridgehead atoms. The number of aliphatic hydroxyl groups is 1. The minimum Gasteiger partial charge on any atom is -0.511 e. The zero-order valence-corrected chi connectivity index (χ0v) is 12.7. The van der Waals surface area contributed by atoms with Crippen molar-refractivity contribution in [1.29, 1.82) is 0 Å². The van der Waals surface area contributed by atoms with Crippen LogP contribution in [0.2, 0.25) is 0 Å². The van der Waals surface area contributed by atoms with E-state index >= 15 is 0 Å². The summed E-state index contributed by atoms with van der Waals surface area (Å²) in [6, 6.07) is 1.48. The lowest BCUT2D eigenvalue weighted by atomic mass is 9.82. The van der Waals surface area contributed by atoms with Crippen LogP contribution < -0.4 is 10.6 Å². The number of rotatable bonds is 6. The van der Waals surface area contributed by atoms with E-state index in [0.717, 1.165) is 24.5 Å². The predicted molar refractivity (Wildman–Crippen MR) is 83.0 cm³/mol. The van der Waals surface area contributed by atoms with Gasteiger partial charge in [0, 0.05) is 18.2 Å². The number of carbonyl (C=O) groups is 1. The minimum absolute atomic E-state index is 0.0520. The largest absolute Gasteiger partial charge is 0.511 e. The van der Waals surface area contributed by atoms with E-state index in [2.05, 4.69) is 10.1 Å². The molecule has 0 aromatic carbocycles. The summed E-state index contributed by atoms with van der Waals surface area (Å²) in [7, 11) is 0. The first-order chi connectivity index (χ1) is 11.1. The Balaban J connectivity index is 1.98. The third-order valence-electron chi connectivity index (χ3n) is 4.49. The van der Waals surface area contributed by atoms with Crippen molar-refractivity contribution < 1.29 is 15.0 Å². The van der Waals surface area contributed by atoms with Gasteiger partial charge in [0.2, 0.25) is 0 Å². The van der Waals surface area contributed by atoms with Crippen molar-refractivity contribution in [1.82, 2.24) is 14.6 Å². The van der Waals surface area contributed by atoms with Gasteiger partial charge in [0.25, 0.3) is 0 Å². The number of pyridine rings is 1. The molecule has 0 amide bonds. The van der Waals surface area contributed by atoms with E-state index in [9.17, 15) is 14.7 Å². The summed E-state index contributed by atoms with van der Waals surface area (Å²) >= 11 is 0. The maximum absolute atomic E-state index is 12.4. The van der Waals surface area contributed by atoms with Crippen LogP contribution >= 0.6 is 0 Å². The molecule has 7 nitrogen and oxygen atoms in total. The monoisotopic (exact) mass is 317 g/mol. The van der Waals surface area contributed by atoms with Crippen molar-refractivity contribution in [3.05, 3.63) is 33.5 Å². The van der Waals surface area contributed by atoms with Crippen LogP contribution in [0.3, 0.4) is 0 Å². The van der Waals surface area contributed by atoms with Gasteiger partial charge >= 0.3 is 5.97 Å². The normalized spacial score (nSPS) is 16.3. The molecule has 0 aliphatic heterocycles. The van der Waals surface area contributed by atoms with Gasteiger partial charge < -0.3 is 10.2 Å². The maximum atomic E-state index is 12.4. The van der Waals surface area contributed by atoms with E-state index in [0.29, 0.717) is 5.65 Å². The lowest BCUT2D eigenvalue weighted by molar-refractivity contribution is -0.136. The lowest BCUT2D eigenvalue weighted by Crippen LogP contribution is -2.31. The molecule has 0 spiro atoms. The molecule has 2 aromatic heterocycles. The molecule has 2 aromatic rings. The molecular formula is C16H19N3O4. The van der Waals surface area contributed by atoms with Gasteiger partial charge in [0.15, 0.2) is 11.1 Å². The third-order valence-corrected chi connectivity index (χ3v) is 4.49. The standard InChI is InChI=1S/C16H19N3O4/c20-12(6-7-14(22)23)15-13(21)8-11(5-4-10-2-1-3-10)19-16(15)17-9-18-19/h8-10,20H,1-7H2,(H,22,23). The molecule has 0 radical (unpaired) electrons. The number of fused-ring (bicyclic) bond motifs is 1. The van der Waals surface area contributed by atoms with Crippen molar-refractivity contribution in [2.75, 3.05) is 0 Å². The fraction of sp³-hybridized carbons (Fsp3) is 0.500. The smallest absolute Gasteiger partial charge is 0.303 e. The first-order valence-corrected chi connectivity index (χ1v) is 7.86. The van der Waals surface area contributed by atoms with Crippen LogP contribution in [0.4, 0.5) is 0 Å². The van der Waals surface area contributed by atoms with Gasteiger partial charge in [-0.1, -0.05) is 19.3 Å². The number of aliphatic carboxylic acids is 1. The fourth-order valence-corrected chi connectivity index (χ4v) is 2.95. The Kier molecular flexibility index (Phi) is 4.27. The Bertz CT molecular complexity index is 839. The summed E-state index contributed by atoms with van der Waals surface area (Å²) < 4.78 is 1.58. The zero-order chi connectivity index (χ0) is 16.4. The van der Waals surface area contributed by atoms with Crippen molar-refractivity contribution in [3.63, 3.8) is 0 Å². The second kappa shape index (κ2) is 6.36. The van der Waals surface area contributed by atoms with Gasteiger partial charge in [-0.15, -0.1) is 0 Å². The molecule has 1 aliphatic rings. The first kappa shape index (κ1) is 15.5. The van der Waals surface area contributed by atoms with E-state index in [1.165, 1.54) is 31.7 Å². The van der Waals surface area contributed by atoms with E-state index in [1.807, 2.05) is 0 Å². The molecule has 122 valence electrons. The second-order valence-electron chi connectivity index (χ2n) is 6.05. The molecule has 3 rings (SSSR count). The number of hydrogen-bond acceptors (Lipinski definition) is 5. The van der Waals surface area contributed by atoms with Crippen molar-refractivity contribution >= 4 is 17.4 Å². The molecule has 1 aliphatic carbocycles. The van der Waals surface area contributed by atoms with Gasteiger partial charge in [-0.25, -0.2) is 9.50 Å². The van der Waals surface area contributed by atoms with Crippen LogP contribution in [-0.2, 0) is 11.2 Å². The van der Waals surface area contributed by atoms with Crippen molar-refractivity contribution in [2.45, 2.75) is 44.9 Å². The summed E-state index contributed by atoms with van der Waals surface area (Å²) in [5.74, 6) is -0.557. The van der Waals surface area contributed by atoms with Crippen LogP contribution in [0, 0.1) is 5.92 Å². The maximum Gasteiger partial charge on any atom is 0.303 e. The Labute approximate surface area is 132 Å². The van der Waals surface area contributed by atoms with Gasteiger partial charge in [-0.05, 0) is 18.8 Å². The number of carboxylic acids is 1. The second-order valence-corrected chi connectivity index (χ2v) is 6.05. The minimum atomic E-state index is -1.03. The topological polar surface area (TPSA) is 105 Å². The van der Waals surface area contributed by atoms with Crippen molar-refractivity contribution in [3.8, 4) is 0 Å². The summed E-state index contributed by atoms with van der Waals surface area (Å²) in [4.78, 5) is 27.1. The van der Waals surface area contributed by atoms with E-state index < -0.39 is 5.97 Å². The van der Waals surface area contributed by atoms with Crippen LogP contribution in [0.5, 0.6) is 0 Å². The molecular weight excluding hydrogens is 298 g/mol. The number of carboxylic acid groups (broad SMARTS) is 1. The number of nitrogens with zero attached hydrogens (tertiary/aromatic N) is 3. The quantitative estimate of drug-likeness (QED) is 0.826. The van der Waals surface area contributed by atoms with Crippen LogP contribution in [0.25, 0.3) is 11.4 Å². The average molecular weight is 317 g/mol. The molecule has 7 heteroatoms. The van der Waals surface area contributed by atoms with Crippen LogP contribution in [0.1, 0.15) is 44.2 Å². The molecule has 0 saturated heterocycles. The predicted octanol–water partition coefficient (Wildman–Crippen LogP) is 1.07. The molecule has 0 atom stereocenters.